The van der Waals surface area contributed by atoms with E-state index in [-0.39, 0.29) is 18.7 Å². The van der Waals surface area contributed by atoms with Crippen molar-refractivity contribution in [2.24, 2.45) is 5.92 Å². The lowest BCUT2D eigenvalue weighted by Gasteiger charge is -2.31. The van der Waals surface area contributed by atoms with Gasteiger partial charge in [0.1, 0.15) is 5.75 Å². The fourth-order valence-corrected chi connectivity index (χ4v) is 3.78. The second-order valence-corrected chi connectivity index (χ2v) is 8.41. The third-order valence-electron chi connectivity index (χ3n) is 5.85. The Bertz CT molecular complexity index is 1080. The lowest BCUT2D eigenvalue weighted by atomic mass is 9.96. The number of nitrogens with one attached hydrogen (secondary N) is 1. The molecule has 1 aliphatic rings. The van der Waals surface area contributed by atoms with Gasteiger partial charge in [-0.15, -0.1) is 0 Å². The molecule has 0 bridgehead atoms. The van der Waals surface area contributed by atoms with E-state index in [0.29, 0.717) is 24.3 Å². The van der Waals surface area contributed by atoms with Crippen molar-refractivity contribution in [3.05, 3.63) is 59.2 Å². The monoisotopic (exact) mass is 492 g/mol. The predicted octanol–water partition coefficient (Wildman–Crippen LogP) is 4.45. The van der Waals surface area contributed by atoms with Crippen LogP contribution in [0.15, 0.2) is 42.5 Å². The number of benzene rings is 2. The third kappa shape index (κ3) is 6.52. The molecule has 0 saturated carbocycles. The van der Waals surface area contributed by atoms with Crippen molar-refractivity contribution in [2.45, 2.75) is 39.0 Å². The van der Waals surface area contributed by atoms with Crippen LogP contribution in [0.2, 0.25) is 0 Å². The Morgan fingerprint density at radius 2 is 1.69 bits per heavy atom. The fourth-order valence-electron chi connectivity index (χ4n) is 3.78. The lowest BCUT2D eigenvalue weighted by Crippen LogP contribution is -2.41. The smallest absolute Gasteiger partial charge is 0.416 e. The molecular weight excluding hydrogens is 465 g/mol. The quantitative estimate of drug-likeness (QED) is 0.603. The molecule has 0 aromatic heterocycles. The number of amides is 2. The van der Waals surface area contributed by atoms with Crippen molar-refractivity contribution in [1.29, 1.82) is 0 Å². The Hall–Kier alpha value is -3.56. The van der Waals surface area contributed by atoms with Crippen molar-refractivity contribution in [3.8, 4) is 5.75 Å². The fraction of sp³-hybridized carbons (Fsp3) is 0.400. The number of aryl methyl sites for hydroxylation is 1. The van der Waals surface area contributed by atoms with E-state index in [0.717, 1.165) is 29.8 Å². The molecule has 0 radical (unpaired) electrons. The van der Waals surface area contributed by atoms with Gasteiger partial charge in [0.05, 0.1) is 24.3 Å². The van der Waals surface area contributed by atoms with Gasteiger partial charge in [0.15, 0.2) is 6.10 Å². The second kappa shape index (κ2) is 10.8. The molecule has 2 aromatic rings. The van der Waals surface area contributed by atoms with E-state index in [4.69, 9.17) is 9.47 Å². The molecule has 1 unspecified atom stereocenters. The van der Waals surface area contributed by atoms with Crippen molar-refractivity contribution >= 4 is 23.5 Å². The summed E-state index contributed by atoms with van der Waals surface area (Å²) in [6, 6.07) is 9.35. The first-order valence-corrected chi connectivity index (χ1v) is 11.1. The normalized spacial score (nSPS) is 15.3. The first-order chi connectivity index (χ1) is 16.5. The number of carbonyl (C=O) groups excluding carboxylic acids is 3. The molecule has 1 saturated heterocycles. The number of halogens is 3. The maximum absolute atomic E-state index is 12.7. The standard InChI is InChI=1S/C25H27F3N2O5/c1-15-4-9-21(34-3)20(14-15)29-22(31)16(2)35-24(33)18-10-12-30(13-11-18)23(32)17-5-7-19(8-6-17)25(26,27)28/h4-9,14,16,18H,10-13H2,1-3H3,(H,29,31). The first kappa shape index (κ1) is 26.1. The van der Waals surface area contributed by atoms with Crippen LogP contribution in [0, 0.1) is 12.8 Å². The Labute approximate surface area is 201 Å². The van der Waals surface area contributed by atoms with Crippen LogP contribution in [0.1, 0.15) is 41.3 Å². The number of rotatable bonds is 6. The van der Waals surface area contributed by atoms with Crippen LogP contribution < -0.4 is 10.1 Å². The number of carbonyl (C=O) groups is 3. The Morgan fingerprint density at radius 3 is 2.26 bits per heavy atom. The molecule has 7 nitrogen and oxygen atoms in total. The Morgan fingerprint density at radius 1 is 1.06 bits per heavy atom. The van der Waals surface area contributed by atoms with Crippen molar-refractivity contribution in [1.82, 2.24) is 4.90 Å². The minimum absolute atomic E-state index is 0.149. The maximum atomic E-state index is 12.7. The minimum atomic E-state index is -4.47. The van der Waals surface area contributed by atoms with E-state index in [1.54, 1.807) is 12.1 Å². The number of nitrogens with zero attached hydrogens (tertiary/aromatic N) is 1. The predicted molar refractivity (Wildman–Crippen MR) is 122 cm³/mol. The van der Waals surface area contributed by atoms with Gasteiger partial charge in [0, 0.05) is 18.7 Å². The van der Waals surface area contributed by atoms with Crippen molar-refractivity contribution in [2.75, 3.05) is 25.5 Å². The highest BCUT2D eigenvalue weighted by molar-refractivity contribution is 5.96. The van der Waals surface area contributed by atoms with Gasteiger partial charge in [0.2, 0.25) is 0 Å². The lowest BCUT2D eigenvalue weighted by molar-refractivity contribution is -0.158. The van der Waals surface area contributed by atoms with Gasteiger partial charge in [-0.2, -0.15) is 13.2 Å². The van der Waals surface area contributed by atoms with E-state index in [1.807, 2.05) is 13.0 Å². The maximum Gasteiger partial charge on any atom is 0.416 e. The summed E-state index contributed by atoms with van der Waals surface area (Å²) in [7, 11) is 1.48. The summed E-state index contributed by atoms with van der Waals surface area (Å²) in [5.74, 6) is -1.45. The highest BCUT2D eigenvalue weighted by Crippen LogP contribution is 2.30. The van der Waals surface area contributed by atoms with E-state index in [2.05, 4.69) is 5.32 Å². The van der Waals surface area contributed by atoms with Crippen LogP contribution in [-0.2, 0) is 20.5 Å². The first-order valence-electron chi connectivity index (χ1n) is 11.1. The van der Waals surface area contributed by atoms with Gasteiger partial charge >= 0.3 is 12.1 Å². The molecule has 2 amide bonds. The Balaban J connectivity index is 1.51. The van der Waals surface area contributed by atoms with E-state index < -0.39 is 41.5 Å². The highest BCUT2D eigenvalue weighted by Gasteiger charge is 2.32. The molecule has 10 heteroatoms. The largest absolute Gasteiger partial charge is 0.495 e. The number of alkyl halides is 3. The summed E-state index contributed by atoms with van der Waals surface area (Å²) in [4.78, 5) is 39.2. The molecule has 1 atom stereocenters. The highest BCUT2D eigenvalue weighted by atomic mass is 19.4. The molecule has 0 spiro atoms. The van der Waals surface area contributed by atoms with Crippen LogP contribution in [0.25, 0.3) is 0 Å². The summed E-state index contributed by atoms with van der Waals surface area (Å²) in [6.07, 6.45) is -4.86. The van der Waals surface area contributed by atoms with Gasteiger partial charge in [-0.25, -0.2) is 0 Å². The zero-order valence-electron chi connectivity index (χ0n) is 19.6. The third-order valence-corrected chi connectivity index (χ3v) is 5.85. The molecule has 1 N–H and O–H groups in total. The zero-order valence-corrected chi connectivity index (χ0v) is 19.6. The minimum Gasteiger partial charge on any atom is -0.495 e. The number of methoxy groups -OCH3 is 1. The number of likely N-dealkylation sites (tertiary alicyclic amines) is 1. The van der Waals surface area contributed by atoms with E-state index in [1.165, 1.54) is 18.9 Å². The van der Waals surface area contributed by atoms with Gasteiger partial charge < -0.3 is 19.7 Å². The molecular formula is C25H27F3N2O5. The SMILES string of the molecule is COc1ccc(C)cc1NC(=O)C(C)OC(=O)C1CCN(C(=O)c2ccc(C(F)(F)F)cc2)CC1. The topological polar surface area (TPSA) is 84.9 Å². The number of anilines is 1. The van der Waals surface area contributed by atoms with Crippen molar-refractivity contribution in [3.63, 3.8) is 0 Å². The number of ether oxygens (including phenoxy) is 2. The number of hydrogen-bond donors (Lipinski definition) is 1. The van der Waals surface area contributed by atoms with Gasteiger partial charge in [-0.05, 0) is 68.7 Å². The van der Waals surface area contributed by atoms with E-state index >= 15 is 0 Å². The average Bonchev–Trinajstić information content (AvgIpc) is 2.83. The molecule has 1 aliphatic heterocycles. The zero-order chi connectivity index (χ0) is 25.8. The summed E-state index contributed by atoms with van der Waals surface area (Å²) in [5.41, 5.74) is 0.712. The van der Waals surface area contributed by atoms with Gasteiger partial charge in [-0.1, -0.05) is 6.07 Å². The molecule has 188 valence electrons. The summed E-state index contributed by atoms with van der Waals surface area (Å²) in [5, 5.41) is 2.70. The molecule has 1 fully saturated rings. The molecule has 0 aliphatic carbocycles. The van der Waals surface area contributed by atoms with Crippen molar-refractivity contribution < 1.29 is 37.0 Å². The van der Waals surface area contributed by atoms with Crippen LogP contribution in [0.4, 0.5) is 18.9 Å². The molecule has 2 aromatic carbocycles. The van der Waals surface area contributed by atoms with Gasteiger partial charge in [-0.3, -0.25) is 14.4 Å². The number of piperidine rings is 1. The summed E-state index contributed by atoms with van der Waals surface area (Å²) in [6.45, 7) is 3.84. The number of hydrogen-bond acceptors (Lipinski definition) is 5. The summed E-state index contributed by atoms with van der Waals surface area (Å²) < 4.78 is 48.8. The molecule has 35 heavy (non-hydrogen) atoms. The second-order valence-electron chi connectivity index (χ2n) is 8.41. The van der Waals surface area contributed by atoms with Crippen LogP contribution >= 0.6 is 0 Å². The molecule has 1 heterocycles. The van der Waals surface area contributed by atoms with Gasteiger partial charge in [0.25, 0.3) is 11.8 Å². The Kier molecular flexibility index (Phi) is 8.03. The van der Waals surface area contributed by atoms with Crippen LogP contribution in [0.3, 0.4) is 0 Å². The summed E-state index contributed by atoms with van der Waals surface area (Å²) >= 11 is 0. The van der Waals surface area contributed by atoms with Crippen LogP contribution in [0.5, 0.6) is 5.75 Å². The van der Waals surface area contributed by atoms with E-state index in [9.17, 15) is 27.6 Å². The average molecular weight is 492 g/mol. The molecule has 3 rings (SSSR count). The van der Waals surface area contributed by atoms with Crippen LogP contribution in [-0.4, -0.2) is 49.0 Å². The number of esters is 1.